The van der Waals surface area contributed by atoms with Gasteiger partial charge in [-0.2, -0.15) is 0 Å². The first-order valence-corrected chi connectivity index (χ1v) is 9.05. The molecular weight excluding hydrogens is 296 g/mol. The predicted octanol–water partition coefficient (Wildman–Crippen LogP) is 3.49. The first-order chi connectivity index (χ1) is 11.8. The van der Waals surface area contributed by atoms with Crippen LogP contribution < -0.4 is 4.90 Å². The third-order valence-electron chi connectivity index (χ3n) is 4.99. The van der Waals surface area contributed by atoms with Crippen molar-refractivity contribution in [2.75, 3.05) is 37.6 Å². The smallest absolute Gasteiger partial charge is 0.0802 e. The summed E-state index contributed by atoms with van der Waals surface area (Å²) in [6.07, 6.45) is 1.49. The zero-order valence-corrected chi connectivity index (χ0v) is 14.6. The molecule has 2 aromatic rings. The minimum Gasteiger partial charge on any atom is -0.388 e. The number of anilines is 1. The molecule has 3 rings (SSSR count). The van der Waals surface area contributed by atoms with E-state index in [1.165, 1.54) is 11.3 Å². The molecule has 1 unspecified atom stereocenters. The van der Waals surface area contributed by atoms with Crippen LogP contribution in [0.25, 0.3) is 0 Å². The first-order valence-electron chi connectivity index (χ1n) is 9.05. The van der Waals surface area contributed by atoms with Crippen molar-refractivity contribution in [2.24, 2.45) is 0 Å². The zero-order valence-electron chi connectivity index (χ0n) is 14.6. The lowest BCUT2D eigenvalue weighted by atomic mass is 10.0. The zero-order chi connectivity index (χ0) is 16.8. The molecule has 1 fully saturated rings. The molecule has 0 aromatic heterocycles. The summed E-state index contributed by atoms with van der Waals surface area (Å²) < 4.78 is 0. The van der Waals surface area contributed by atoms with Gasteiger partial charge in [0.05, 0.1) is 6.10 Å². The molecule has 0 aliphatic carbocycles. The van der Waals surface area contributed by atoms with Gasteiger partial charge in [-0.25, -0.2) is 0 Å². The second-order valence-corrected chi connectivity index (χ2v) is 6.56. The number of para-hydroxylation sites is 1. The SMILES string of the molecule is CCc1ccc(C(O)CCN2CCN(c3ccccc3)CC2)cc1. The lowest BCUT2D eigenvalue weighted by Crippen LogP contribution is -2.46. The van der Waals surface area contributed by atoms with E-state index in [0.717, 1.165) is 51.1 Å². The highest BCUT2D eigenvalue weighted by Gasteiger charge is 2.18. The van der Waals surface area contributed by atoms with Gasteiger partial charge < -0.3 is 10.0 Å². The van der Waals surface area contributed by atoms with Gasteiger partial charge in [-0.3, -0.25) is 4.90 Å². The number of hydrogen-bond donors (Lipinski definition) is 1. The first kappa shape index (κ1) is 17.0. The molecule has 3 nitrogen and oxygen atoms in total. The van der Waals surface area contributed by atoms with Gasteiger partial charge in [-0.05, 0) is 36.1 Å². The van der Waals surface area contributed by atoms with Crippen LogP contribution >= 0.6 is 0 Å². The summed E-state index contributed by atoms with van der Waals surface area (Å²) in [5.41, 5.74) is 3.67. The van der Waals surface area contributed by atoms with Crippen LogP contribution in [0, 0.1) is 0 Å². The van der Waals surface area contributed by atoms with Crippen molar-refractivity contribution in [2.45, 2.75) is 25.9 Å². The Morgan fingerprint density at radius 3 is 2.21 bits per heavy atom. The number of hydrogen-bond acceptors (Lipinski definition) is 3. The summed E-state index contributed by atoms with van der Waals surface area (Å²) in [6.45, 7) is 7.36. The third kappa shape index (κ3) is 4.37. The predicted molar refractivity (Wildman–Crippen MR) is 100 cm³/mol. The second kappa shape index (κ2) is 8.32. The molecule has 24 heavy (non-hydrogen) atoms. The third-order valence-corrected chi connectivity index (χ3v) is 4.99. The van der Waals surface area contributed by atoms with Crippen LogP contribution in [0.2, 0.25) is 0 Å². The van der Waals surface area contributed by atoms with E-state index in [-0.39, 0.29) is 6.10 Å². The number of nitrogens with zero attached hydrogens (tertiary/aromatic N) is 2. The monoisotopic (exact) mass is 324 g/mol. The van der Waals surface area contributed by atoms with E-state index in [4.69, 9.17) is 0 Å². The van der Waals surface area contributed by atoms with Crippen LogP contribution in [0.1, 0.15) is 30.6 Å². The van der Waals surface area contributed by atoms with Crippen molar-refractivity contribution >= 4 is 5.69 Å². The van der Waals surface area contributed by atoms with Gasteiger partial charge in [0.2, 0.25) is 0 Å². The Bertz CT molecular complexity index is 603. The van der Waals surface area contributed by atoms with E-state index in [9.17, 15) is 5.11 Å². The van der Waals surface area contributed by atoms with Gasteiger partial charge in [0.25, 0.3) is 0 Å². The second-order valence-electron chi connectivity index (χ2n) is 6.56. The summed E-state index contributed by atoms with van der Waals surface area (Å²) in [6, 6.07) is 19.0. The van der Waals surface area contributed by atoms with Crippen LogP contribution in [0.15, 0.2) is 54.6 Å². The number of aliphatic hydroxyl groups is 1. The quantitative estimate of drug-likeness (QED) is 0.881. The van der Waals surface area contributed by atoms with Gasteiger partial charge in [0, 0.05) is 38.4 Å². The van der Waals surface area contributed by atoms with Gasteiger partial charge in [-0.1, -0.05) is 49.4 Å². The van der Waals surface area contributed by atoms with Crippen LogP contribution in [0.4, 0.5) is 5.69 Å². The number of rotatable bonds is 6. The van der Waals surface area contributed by atoms with Crippen molar-refractivity contribution < 1.29 is 5.11 Å². The Morgan fingerprint density at radius 1 is 0.917 bits per heavy atom. The minimum atomic E-state index is -0.358. The summed E-state index contributed by atoms with van der Waals surface area (Å²) in [5.74, 6) is 0. The van der Waals surface area contributed by atoms with Gasteiger partial charge in [0.15, 0.2) is 0 Å². The highest BCUT2D eigenvalue weighted by molar-refractivity contribution is 5.46. The molecular formula is C21H28N2O. The van der Waals surface area contributed by atoms with E-state index in [2.05, 4.69) is 71.3 Å². The molecule has 0 bridgehead atoms. The van der Waals surface area contributed by atoms with Gasteiger partial charge in [-0.15, -0.1) is 0 Å². The maximum absolute atomic E-state index is 10.4. The van der Waals surface area contributed by atoms with Crippen LogP contribution in [-0.2, 0) is 6.42 Å². The Morgan fingerprint density at radius 2 is 1.58 bits per heavy atom. The van der Waals surface area contributed by atoms with Crippen molar-refractivity contribution in [3.05, 3.63) is 65.7 Å². The molecule has 0 saturated carbocycles. The number of aliphatic hydroxyl groups excluding tert-OH is 1. The number of piperazine rings is 1. The summed E-state index contributed by atoms with van der Waals surface area (Å²) in [4.78, 5) is 4.90. The Labute approximate surface area is 145 Å². The molecule has 1 aliphatic rings. The molecule has 1 N–H and O–H groups in total. The molecule has 1 atom stereocenters. The van der Waals surface area contributed by atoms with E-state index >= 15 is 0 Å². The highest BCUT2D eigenvalue weighted by Crippen LogP contribution is 2.20. The molecule has 1 aliphatic heterocycles. The summed E-state index contributed by atoms with van der Waals surface area (Å²) in [7, 11) is 0. The van der Waals surface area contributed by atoms with Crippen molar-refractivity contribution in [3.8, 4) is 0 Å². The topological polar surface area (TPSA) is 26.7 Å². The fraction of sp³-hybridized carbons (Fsp3) is 0.429. The summed E-state index contributed by atoms with van der Waals surface area (Å²) in [5, 5.41) is 10.4. The van der Waals surface area contributed by atoms with Crippen molar-refractivity contribution in [1.29, 1.82) is 0 Å². The minimum absolute atomic E-state index is 0.358. The molecule has 1 saturated heterocycles. The number of benzene rings is 2. The lowest BCUT2D eigenvalue weighted by Gasteiger charge is -2.36. The maximum atomic E-state index is 10.4. The molecule has 3 heteroatoms. The standard InChI is InChI=1S/C21H28N2O/c1-2-18-8-10-19(11-9-18)21(24)12-13-22-14-16-23(17-15-22)20-6-4-3-5-7-20/h3-11,21,24H,2,12-17H2,1H3. The van der Waals surface area contributed by atoms with Crippen molar-refractivity contribution in [3.63, 3.8) is 0 Å². The summed E-state index contributed by atoms with van der Waals surface area (Å²) >= 11 is 0. The fourth-order valence-electron chi connectivity index (χ4n) is 3.32. The van der Waals surface area contributed by atoms with Crippen LogP contribution in [0.5, 0.6) is 0 Å². The highest BCUT2D eigenvalue weighted by atomic mass is 16.3. The molecule has 1 heterocycles. The number of aryl methyl sites for hydroxylation is 1. The lowest BCUT2D eigenvalue weighted by molar-refractivity contribution is 0.139. The Kier molecular flexibility index (Phi) is 5.89. The average Bonchev–Trinajstić information content (AvgIpc) is 2.67. The maximum Gasteiger partial charge on any atom is 0.0802 e. The Balaban J connectivity index is 1.44. The van der Waals surface area contributed by atoms with E-state index in [0.29, 0.717) is 0 Å². The molecule has 0 radical (unpaired) electrons. The normalized spacial score (nSPS) is 17.0. The largest absolute Gasteiger partial charge is 0.388 e. The van der Waals surface area contributed by atoms with Crippen LogP contribution in [0.3, 0.4) is 0 Å². The molecule has 0 spiro atoms. The van der Waals surface area contributed by atoms with Crippen LogP contribution in [-0.4, -0.2) is 42.7 Å². The Hall–Kier alpha value is -1.84. The molecule has 0 amide bonds. The molecule has 128 valence electrons. The van der Waals surface area contributed by atoms with E-state index < -0.39 is 0 Å². The van der Waals surface area contributed by atoms with Gasteiger partial charge >= 0.3 is 0 Å². The van der Waals surface area contributed by atoms with E-state index in [1.54, 1.807) is 0 Å². The van der Waals surface area contributed by atoms with E-state index in [1.807, 2.05) is 0 Å². The fourth-order valence-corrected chi connectivity index (χ4v) is 3.32. The van der Waals surface area contributed by atoms with Crippen molar-refractivity contribution in [1.82, 2.24) is 4.90 Å². The average molecular weight is 324 g/mol. The molecule has 2 aromatic carbocycles. The van der Waals surface area contributed by atoms with Gasteiger partial charge in [0.1, 0.15) is 0 Å².